The molecule has 0 amide bonds. The molecule has 1 heterocycles. The first-order valence-corrected chi connectivity index (χ1v) is 6.37. The van der Waals surface area contributed by atoms with Crippen molar-refractivity contribution in [1.82, 2.24) is 0 Å². The Morgan fingerprint density at radius 2 is 2.28 bits per heavy atom. The molecule has 100 valence electrons. The lowest BCUT2D eigenvalue weighted by molar-refractivity contribution is 0.0449. The van der Waals surface area contributed by atoms with Crippen LogP contribution >= 0.6 is 11.6 Å². The zero-order valence-corrected chi connectivity index (χ0v) is 11.5. The molecule has 0 radical (unpaired) electrons. The van der Waals surface area contributed by atoms with E-state index >= 15 is 0 Å². The molecule has 18 heavy (non-hydrogen) atoms. The fourth-order valence-corrected chi connectivity index (χ4v) is 2.66. The van der Waals surface area contributed by atoms with Crippen molar-refractivity contribution in [1.29, 1.82) is 0 Å². The van der Waals surface area contributed by atoms with Crippen LogP contribution in [0.4, 0.5) is 5.69 Å². The highest BCUT2D eigenvalue weighted by atomic mass is 35.5. The molecule has 1 aromatic carbocycles. The van der Waals surface area contributed by atoms with Gasteiger partial charge in [-0.05, 0) is 18.6 Å². The number of anilines is 1. The minimum atomic E-state index is -0.893. The molecule has 0 fully saturated rings. The van der Waals surface area contributed by atoms with Gasteiger partial charge in [0, 0.05) is 37.8 Å². The van der Waals surface area contributed by atoms with Gasteiger partial charge in [0.05, 0.1) is 17.7 Å². The number of hydrogen-bond acceptors (Lipinski definition) is 4. The molecule has 1 aliphatic heterocycles. The van der Waals surface area contributed by atoms with E-state index in [1.165, 1.54) is 0 Å². The highest BCUT2D eigenvalue weighted by Crippen LogP contribution is 2.39. The van der Waals surface area contributed by atoms with Crippen molar-refractivity contribution in [3.8, 4) is 5.75 Å². The number of methoxy groups -OCH3 is 1. The zero-order valence-electron chi connectivity index (χ0n) is 10.7. The molecule has 1 unspecified atom stereocenters. The number of hydrogen-bond donors (Lipinski definition) is 2. The van der Waals surface area contributed by atoms with Crippen LogP contribution in [0.3, 0.4) is 0 Å². The molecule has 0 spiro atoms. The van der Waals surface area contributed by atoms with Crippen LogP contribution in [0.2, 0.25) is 5.02 Å². The summed E-state index contributed by atoms with van der Waals surface area (Å²) in [4.78, 5) is 2.09. The van der Waals surface area contributed by atoms with Crippen LogP contribution in [0.5, 0.6) is 5.75 Å². The maximum Gasteiger partial charge on any atom is 0.137 e. The zero-order chi connectivity index (χ0) is 13.3. The number of halogens is 1. The normalized spacial score (nSPS) is 23.5. The van der Waals surface area contributed by atoms with E-state index in [4.69, 9.17) is 22.1 Å². The van der Waals surface area contributed by atoms with Crippen molar-refractivity contribution >= 4 is 17.3 Å². The van der Waals surface area contributed by atoms with Gasteiger partial charge >= 0.3 is 0 Å². The predicted molar refractivity (Wildman–Crippen MR) is 73.6 cm³/mol. The number of benzene rings is 1. The Kier molecular flexibility index (Phi) is 3.71. The van der Waals surface area contributed by atoms with E-state index in [-0.39, 0.29) is 6.54 Å². The maximum absolute atomic E-state index is 10.5. The van der Waals surface area contributed by atoms with Gasteiger partial charge in [0.2, 0.25) is 0 Å². The van der Waals surface area contributed by atoms with Crippen molar-refractivity contribution in [2.75, 3.05) is 32.1 Å². The smallest absolute Gasteiger partial charge is 0.137 e. The van der Waals surface area contributed by atoms with Crippen molar-refractivity contribution in [3.05, 3.63) is 22.7 Å². The summed E-state index contributed by atoms with van der Waals surface area (Å²) >= 11 is 6.35. The lowest BCUT2D eigenvalue weighted by Crippen LogP contribution is -2.40. The second-order valence-corrected chi connectivity index (χ2v) is 5.23. The number of aliphatic hydroxyl groups is 1. The molecule has 2 rings (SSSR count). The summed E-state index contributed by atoms with van der Waals surface area (Å²) in [6.07, 6.45) is 1.09. The summed E-state index contributed by atoms with van der Waals surface area (Å²) in [7, 11) is 3.58. The van der Waals surface area contributed by atoms with E-state index in [1.54, 1.807) is 7.11 Å². The Bertz CT molecular complexity index is 453. The van der Waals surface area contributed by atoms with Gasteiger partial charge in [-0.3, -0.25) is 0 Å². The molecule has 5 heteroatoms. The van der Waals surface area contributed by atoms with Gasteiger partial charge in [0.15, 0.2) is 0 Å². The highest BCUT2D eigenvalue weighted by molar-refractivity contribution is 6.33. The first kappa shape index (κ1) is 13.5. The van der Waals surface area contributed by atoms with E-state index in [2.05, 4.69) is 4.90 Å². The van der Waals surface area contributed by atoms with Gasteiger partial charge in [-0.2, -0.15) is 0 Å². The average molecular weight is 271 g/mol. The van der Waals surface area contributed by atoms with Gasteiger partial charge in [0.1, 0.15) is 5.75 Å². The van der Waals surface area contributed by atoms with Crippen molar-refractivity contribution in [2.45, 2.75) is 18.4 Å². The lowest BCUT2D eigenvalue weighted by atomic mass is 9.92. The predicted octanol–water partition coefficient (Wildman–Crippen LogP) is 1.42. The lowest BCUT2D eigenvalue weighted by Gasteiger charge is -2.25. The molecule has 0 aliphatic carbocycles. The Balaban J connectivity index is 2.52. The Morgan fingerprint density at radius 3 is 2.89 bits per heavy atom. The van der Waals surface area contributed by atoms with Crippen LogP contribution in [0.1, 0.15) is 12.0 Å². The number of rotatable bonds is 2. The summed E-state index contributed by atoms with van der Waals surface area (Å²) in [5, 5.41) is 11.0. The van der Waals surface area contributed by atoms with Gasteiger partial charge in [0.25, 0.3) is 0 Å². The van der Waals surface area contributed by atoms with Crippen LogP contribution in [0, 0.1) is 0 Å². The second-order valence-electron chi connectivity index (χ2n) is 4.86. The fraction of sp³-hybridized carbons (Fsp3) is 0.538. The average Bonchev–Trinajstić information content (AvgIpc) is 2.50. The quantitative estimate of drug-likeness (QED) is 0.853. The van der Waals surface area contributed by atoms with Crippen LogP contribution in [0.25, 0.3) is 0 Å². The SMILES string of the molecule is COc1ccc2c(c1Cl)CC(O)(CN)CCN2C. The van der Waals surface area contributed by atoms with Crippen LogP contribution in [-0.2, 0) is 6.42 Å². The summed E-state index contributed by atoms with van der Waals surface area (Å²) in [6, 6.07) is 3.83. The van der Waals surface area contributed by atoms with E-state index in [0.717, 1.165) is 17.8 Å². The first-order valence-electron chi connectivity index (χ1n) is 6.00. The standard InChI is InChI=1S/C13H19ClN2O2/c1-16-6-5-13(17,8-15)7-9-10(16)3-4-11(18-2)12(9)14/h3-4,17H,5-8,15H2,1-2H3. The van der Waals surface area contributed by atoms with E-state index in [1.807, 2.05) is 19.2 Å². The van der Waals surface area contributed by atoms with Gasteiger partial charge in [-0.1, -0.05) is 11.6 Å². The highest BCUT2D eigenvalue weighted by Gasteiger charge is 2.32. The number of ether oxygens (including phenoxy) is 1. The Morgan fingerprint density at radius 1 is 1.56 bits per heavy atom. The third-order valence-corrected chi connectivity index (χ3v) is 4.03. The van der Waals surface area contributed by atoms with E-state index < -0.39 is 5.60 Å². The molecule has 0 saturated heterocycles. The minimum absolute atomic E-state index is 0.230. The van der Waals surface area contributed by atoms with Gasteiger partial charge in [-0.15, -0.1) is 0 Å². The monoisotopic (exact) mass is 270 g/mol. The molecule has 0 bridgehead atoms. The van der Waals surface area contributed by atoms with Crippen LogP contribution in [0.15, 0.2) is 12.1 Å². The minimum Gasteiger partial charge on any atom is -0.495 e. The Labute approximate surface area is 112 Å². The summed E-state index contributed by atoms with van der Waals surface area (Å²) < 4.78 is 5.23. The molecular weight excluding hydrogens is 252 g/mol. The van der Waals surface area contributed by atoms with Gasteiger partial charge in [-0.25, -0.2) is 0 Å². The number of nitrogens with zero attached hydrogens (tertiary/aromatic N) is 1. The van der Waals surface area contributed by atoms with E-state index in [0.29, 0.717) is 23.6 Å². The first-order chi connectivity index (χ1) is 8.50. The maximum atomic E-state index is 10.5. The third-order valence-electron chi connectivity index (χ3n) is 3.61. The molecule has 0 aromatic heterocycles. The summed E-state index contributed by atoms with van der Waals surface area (Å²) in [5.41, 5.74) is 6.73. The van der Waals surface area contributed by atoms with Crippen LogP contribution in [-0.4, -0.2) is 38.0 Å². The largest absolute Gasteiger partial charge is 0.495 e. The molecular formula is C13H19ClN2O2. The van der Waals surface area contributed by atoms with Gasteiger partial charge < -0.3 is 20.5 Å². The van der Waals surface area contributed by atoms with E-state index in [9.17, 15) is 5.11 Å². The molecule has 4 nitrogen and oxygen atoms in total. The molecule has 1 aromatic rings. The third kappa shape index (κ3) is 2.28. The van der Waals surface area contributed by atoms with Crippen molar-refractivity contribution in [2.24, 2.45) is 5.73 Å². The van der Waals surface area contributed by atoms with Crippen LogP contribution < -0.4 is 15.4 Å². The van der Waals surface area contributed by atoms with Crippen molar-refractivity contribution in [3.63, 3.8) is 0 Å². The molecule has 3 N–H and O–H groups in total. The topological polar surface area (TPSA) is 58.7 Å². The number of fused-ring (bicyclic) bond motifs is 1. The number of nitrogens with two attached hydrogens (primary N) is 1. The second kappa shape index (κ2) is 4.96. The fourth-order valence-electron chi connectivity index (χ4n) is 2.36. The summed E-state index contributed by atoms with van der Waals surface area (Å²) in [5.74, 6) is 0.630. The molecule has 1 aliphatic rings. The molecule has 0 saturated carbocycles. The summed E-state index contributed by atoms with van der Waals surface area (Å²) in [6.45, 7) is 0.983. The molecule has 1 atom stereocenters. The van der Waals surface area contributed by atoms with Crippen molar-refractivity contribution < 1.29 is 9.84 Å². The Hall–Kier alpha value is -0.970.